The van der Waals surface area contributed by atoms with Crippen molar-refractivity contribution in [2.45, 2.75) is 19.8 Å². The van der Waals surface area contributed by atoms with Gasteiger partial charge in [0.25, 0.3) is 0 Å². The molecule has 1 unspecified atom stereocenters. The molecule has 1 atom stereocenters. The molecule has 166 valence electrons. The summed E-state index contributed by atoms with van der Waals surface area (Å²) < 4.78 is 5.70. The Morgan fingerprint density at radius 2 is 2.03 bits per heavy atom. The number of ether oxygens (including phenoxy) is 1. The van der Waals surface area contributed by atoms with Gasteiger partial charge in [0.1, 0.15) is 12.4 Å². The van der Waals surface area contributed by atoms with E-state index in [2.05, 4.69) is 27.8 Å². The Morgan fingerprint density at radius 3 is 2.81 bits per heavy atom. The Morgan fingerprint density at radius 1 is 1.19 bits per heavy atom. The van der Waals surface area contributed by atoms with E-state index >= 15 is 0 Å². The van der Waals surface area contributed by atoms with Crippen LogP contribution in [-0.2, 0) is 11.2 Å². The Kier molecular flexibility index (Phi) is 9.03. The SMILES string of the molecule is CCNC(=NCC1CC(=O)N(CCc2ccccc2)C1)NCCOc1cccc(Cl)c1. The number of carbonyl (C=O) groups excluding carboxylic acids is 1. The Hall–Kier alpha value is -2.73. The highest BCUT2D eigenvalue weighted by molar-refractivity contribution is 6.30. The number of nitrogens with one attached hydrogen (secondary N) is 2. The second-order valence-corrected chi connectivity index (χ2v) is 8.03. The number of rotatable bonds is 10. The second kappa shape index (κ2) is 12.2. The van der Waals surface area contributed by atoms with E-state index in [1.54, 1.807) is 6.07 Å². The molecule has 0 bridgehead atoms. The van der Waals surface area contributed by atoms with Gasteiger partial charge in [-0.05, 0) is 37.1 Å². The number of hydrogen-bond donors (Lipinski definition) is 2. The maximum absolute atomic E-state index is 12.4. The first-order chi connectivity index (χ1) is 15.1. The molecule has 1 saturated heterocycles. The van der Waals surface area contributed by atoms with Gasteiger partial charge in [0, 0.05) is 43.5 Å². The van der Waals surface area contributed by atoms with Crippen LogP contribution >= 0.6 is 11.6 Å². The summed E-state index contributed by atoms with van der Waals surface area (Å²) >= 11 is 5.97. The number of halogens is 1. The van der Waals surface area contributed by atoms with E-state index in [0.29, 0.717) is 31.1 Å². The molecule has 0 radical (unpaired) electrons. The summed E-state index contributed by atoms with van der Waals surface area (Å²) in [5, 5.41) is 7.18. The van der Waals surface area contributed by atoms with E-state index in [1.807, 2.05) is 48.2 Å². The van der Waals surface area contributed by atoms with Crippen molar-refractivity contribution >= 4 is 23.5 Å². The lowest BCUT2D eigenvalue weighted by molar-refractivity contribution is -0.127. The number of hydrogen-bond acceptors (Lipinski definition) is 3. The zero-order valence-electron chi connectivity index (χ0n) is 18.0. The Balaban J connectivity index is 1.41. The largest absolute Gasteiger partial charge is 0.492 e. The number of benzene rings is 2. The lowest BCUT2D eigenvalue weighted by Gasteiger charge is -2.16. The predicted octanol–water partition coefficient (Wildman–Crippen LogP) is 3.37. The highest BCUT2D eigenvalue weighted by Crippen LogP contribution is 2.19. The highest BCUT2D eigenvalue weighted by atomic mass is 35.5. The summed E-state index contributed by atoms with van der Waals surface area (Å²) in [6.07, 6.45) is 1.45. The van der Waals surface area contributed by atoms with E-state index in [9.17, 15) is 4.79 Å². The molecule has 2 N–H and O–H groups in total. The van der Waals surface area contributed by atoms with E-state index in [4.69, 9.17) is 16.3 Å². The third-order valence-electron chi connectivity index (χ3n) is 5.12. The van der Waals surface area contributed by atoms with Crippen molar-refractivity contribution in [3.63, 3.8) is 0 Å². The van der Waals surface area contributed by atoms with Crippen LogP contribution in [0.4, 0.5) is 0 Å². The monoisotopic (exact) mass is 442 g/mol. The summed E-state index contributed by atoms with van der Waals surface area (Å²) in [7, 11) is 0. The number of likely N-dealkylation sites (tertiary alicyclic amines) is 1. The number of amides is 1. The molecule has 0 aromatic heterocycles. The molecule has 0 aliphatic carbocycles. The van der Waals surface area contributed by atoms with Crippen molar-refractivity contribution in [2.75, 3.05) is 39.3 Å². The van der Waals surface area contributed by atoms with Crippen LogP contribution in [0.3, 0.4) is 0 Å². The summed E-state index contributed by atoms with van der Waals surface area (Å²) in [6, 6.07) is 17.6. The molecule has 2 aromatic rings. The number of guanidine groups is 1. The van der Waals surface area contributed by atoms with E-state index in [-0.39, 0.29) is 11.8 Å². The fraction of sp³-hybridized carbons (Fsp3) is 0.417. The quantitative estimate of drug-likeness (QED) is 0.336. The normalized spacial score (nSPS) is 16.5. The average Bonchev–Trinajstić information content (AvgIpc) is 3.13. The standard InChI is InChI=1S/C24H31ClN4O2/c1-2-26-24(27-12-14-31-22-10-6-9-21(25)16-22)28-17-20-15-23(30)29(18-20)13-11-19-7-4-3-5-8-19/h3-10,16,20H,2,11-15,17-18H2,1H3,(H2,26,27,28). The number of nitrogens with zero attached hydrogens (tertiary/aromatic N) is 2. The van der Waals surface area contributed by atoms with Crippen LogP contribution in [0.25, 0.3) is 0 Å². The van der Waals surface area contributed by atoms with Gasteiger partial charge < -0.3 is 20.3 Å². The summed E-state index contributed by atoms with van der Waals surface area (Å²) in [5.74, 6) is 1.97. The molecule has 1 aliphatic heterocycles. The van der Waals surface area contributed by atoms with Gasteiger partial charge in [-0.15, -0.1) is 0 Å². The van der Waals surface area contributed by atoms with Crippen molar-refractivity contribution in [3.8, 4) is 5.75 Å². The van der Waals surface area contributed by atoms with Crippen molar-refractivity contribution in [2.24, 2.45) is 10.9 Å². The lowest BCUT2D eigenvalue weighted by Crippen LogP contribution is -2.39. The maximum atomic E-state index is 12.4. The minimum Gasteiger partial charge on any atom is -0.492 e. The van der Waals surface area contributed by atoms with Gasteiger partial charge >= 0.3 is 0 Å². The van der Waals surface area contributed by atoms with Crippen LogP contribution in [0, 0.1) is 5.92 Å². The third-order valence-corrected chi connectivity index (χ3v) is 5.35. The summed E-state index contributed by atoms with van der Waals surface area (Å²) in [5.41, 5.74) is 1.26. The van der Waals surface area contributed by atoms with Gasteiger partial charge in [0.15, 0.2) is 5.96 Å². The predicted molar refractivity (Wildman–Crippen MR) is 126 cm³/mol. The van der Waals surface area contributed by atoms with E-state index < -0.39 is 0 Å². The Labute approximate surface area is 189 Å². The van der Waals surface area contributed by atoms with Gasteiger partial charge in [-0.25, -0.2) is 0 Å². The first-order valence-corrected chi connectivity index (χ1v) is 11.2. The van der Waals surface area contributed by atoms with Crippen molar-refractivity contribution in [3.05, 3.63) is 65.2 Å². The van der Waals surface area contributed by atoms with Crippen LogP contribution in [0.1, 0.15) is 18.9 Å². The minimum absolute atomic E-state index is 0.226. The summed E-state index contributed by atoms with van der Waals surface area (Å²) in [4.78, 5) is 19.0. The van der Waals surface area contributed by atoms with E-state index in [1.165, 1.54) is 5.56 Å². The average molecular weight is 443 g/mol. The Bertz CT molecular complexity index is 860. The van der Waals surface area contributed by atoms with Crippen LogP contribution in [0.5, 0.6) is 5.75 Å². The van der Waals surface area contributed by atoms with Crippen molar-refractivity contribution in [1.29, 1.82) is 0 Å². The molecule has 3 rings (SSSR count). The molecule has 1 heterocycles. The zero-order chi connectivity index (χ0) is 21.9. The van der Waals surface area contributed by atoms with Crippen molar-refractivity contribution in [1.82, 2.24) is 15.5 Å². The molecule has 7 heteroatoms. The van der Waals surface area contributed by atoms with E-state index in [0.717, 1.165) is 37.8 Å². The van der Waals surface area contributed by atoms with Gasteiger partial charge in [0.05, 0.1) is 6.54 Å². The second-order valence-electron chi connectivity index (χ2n) is 7.60. The smallest absolute Gasteiger partial charge is 0.223 e. The summed E-state index contributed by atoms with van der Waals surface area (Å²) in [6.45, 7) is 6.08. The molecule has 0 spiro atoms. The molecule has 31 heavy (non-hydrogen) atoms. The molecular weight excluding hydrogens is 412 g/mol. The zero-order valence-corrected chi connectivity index (χ0v) is 18.8. The van der Waals surface area contributed by atoms with Gasteiger partial charge in [0.2, 0.25) is 5.91 Å². The highest BCUT2D eigenvalue weighted by Gasteiger charge is 2.28. The van der Waals surface area contributed by atoms with Gasteiger partial charge in [-0.1, -0.05) is 48.0 Å². The number of carbonyl (C=O) groups is 1. The molecule has 1 amide bonds. The topological polar surface area (TPSA) is 66.0 Å². The van der Waals surface area contributed by atoms with Gasteiger partial charge in [-0.2, -0.15) is 0 Å². The van der Waals surface area contributed by atoms with Crippen molar-refractivity contribution < 1.29 is 9.53 Å². The molecule has 1 aliphatic rings. The fourth-order valence-electron chi connectivity index (χ4n) is 3.56. The molecule has 0 saturated carbocycles. The molecule has 6 nitrogen and oxygen atoms in total. The number of aliphatic imine (C=N–C) groups is 1. The molecular formula is C24H31ClN4O2. The first-order valence-electron chi connectivity index (χ1n) is 10.9. The fourth-order valence-corrected chi connectivity index (χ4v) is 3.74. The van der Waals surface area contributed by atoms with Crippen LogP contribution in [-0.4, -0.2) is 56.1 Å². The minimum atomic E-state index is 0.226. The lowest BCUT2D eigenvalue weighted by atomic mass is 10.1. The molecule has 1 fully saturated rings. The third kappa shape index (κ3) is 7.79. The van der Waals surface area contributed by atoms with Gasteiger partial charge in [-0.3, -0.25) is 9.79 Å². The van der Waals surface area contributed by atoms with Crippen LogP contribution < -0.4 is 15.4 Å². The molecule has 2 aromatic carbocycles. The van der Waals surface area contributed by atoms with Crippen LogP contribution in [0.2, 0.25) is 5.02 Å². The first kappa shape index (κ1) is 22.9. The van der Waals surface area contributed by atoms with Crippen LogP contribution in [0.15, 0.2) is 59.6 Å². The maximum Gasteiger partial charge on any atom is 0.223 e.